The molecule has 1 saturated heterocycles. The minimum absolute atomic E-state index is 0.131. The van der Waals surface area contributed by atoms with Gasteiger partial charge in [0.05, 0.1) is 11.0 Å². The number of hydrogen-bond acceptors (Lipinski definition) is 4. The summed E-state index contributed by atoms with van der Waals surface area (Å²) in [5, 5.41) is 12.0. The number of Topliss-reactive ketones (excluding diaryl/α,β-unsaturated/α-hetero) is 1. The second-order valence-corrected chi connectivity index (χ2v) is 8.56. The maximum Gasteiger partial charge on any atom is 0.174 e. The molecule has 0 radical (unpaired) electrons. The number of benzene rings is 1. The zero-order valence-electron chi connectivity index (χ0n) is 13.8. The monoisotopic (exact) mass is 325 g/mol. The number of aliphatic hydroxyl groups is 1. The van der Waals surface area contributed by atoms with Crippen LogP contribution in [-0.2, 0) is 16.6 Å². The van der Waals surface area contributed by atoms with Gasteiger partial charge in [-0.3, -0.25) is 9.69 Å². The third-order valence-corrected chi connectivity index (χ3v) is 7.46. The van der Waals surface area contributed by atoms with Crippen LogP contribution < -0.4 is 4.74 Å². The molecule has 24 heavy (non-hydrogen) atoms. The van der Waals surface area contributed by atoms with Gasteiger partial charge in [0.25, 0.3) is 0 Å². The van der Waals surface area contributed by atoms with Crippen molar-refractivity contribution in [1.82, 2.24) is 4.90 Å². The van der Waals surface area contributed by atoms with Gasteiger partial charge in [0.2, 0.25) is 0 Å². The molecule has 126 valence electrons. The molecule has 6 rings (SSSR count). The molecule has 2 heterocycles. The molecule has 2 bridgehead atoms. The number of likely N-dealkylation sites (tertiary alicyclic amines) is 1. The maximum absolute atomic E-state index is 12.7. The highest BCUT2D eigenvalue weighted by Gasteiger charge is 2.72. The largest absolute Gasteiger partial charge is 0.481 e. The molecule has 3 fully saturated rings. The number of ether oxygens (including phenoxy) is 1. The molecule has 2 unspecified atom stereocenters. The SMILES string of the molecule is O=C1CCC2(O)C3Cc4cccc5c4[C@@]2(CCN3CC2CC2)[C@H]1O5. The Morgan fingerprint density at radius 3 is 3.00 bits per heavy atom. The average Bonchev–Trinajstić information content (AvgIpc) is 3.31. The molecule has 0 aromatic heterocycles. The topological polar surface area (TPSA) is 49.8 Å². The Morgan fingerprint density at radius 1 is 1.29 bits per heavy atom. The number of nitrogens with zero attached hydrogens (tertiary/aromatic N) is 1. The van der Waals surface area contributed by atoms with E-state index in [2.05, 4.69) is 11.0 Å². The third kappa shape index (κ3) is 1.42. The van der Waals surface area contributed by atoms with Gasteiger partial charge in [0.1, 0.15) is 5.75 Å². The van der Waals surface area contributed by atoms with Gasteiger partial charge >= 0.3 is 0 Å². The fourth-order valence-electron chi connectivity index (χ4n) is 6.23. The van der Waals surface area contributed by atoms with Gasteiger partial charge in [0, 0.05) is 24.6 Å². The average molecular weight is 325 g/mol. The summed E-state index contributed by atoms with van der Waals surface area (Å²) in [4.78, 5) is 15.2. The Balaban J connectivity index is 1.56. The predicted molar refractivity (Wildman–Crippen MR) is 88.1 cm³/mol. The van der Waals surface area contributed by atoms with E-state index in [0.717, 1.165) is 43.2 Å². The maximum atomic E-state index is 12.7. The van der Waals surface area contributed by atoms with Crippen LogP contribution in [0.5, 0.6) is 5.75 Å². The lowest BCUT2D eigenvalue weighted by atomic mass is 9.49. The Kier molecular flexibility index (Phi) is 2.44. The predicted octanol–water partition coefficient (Wildman–Crippen LogP) is 1.82. The van der Waals surface area contributed by atoms with Crippen LogP contribution in [0.2, 0.25) is 0 Å². The number of hydrogen-bond donors (Lipinski definition) is 1. The van der Waals surface area contributed by atoms with E-state index in [-0.39, 0.29) is 11.8 Å². The first-order valence-electron chi connectivity index (χ1n) is 9.42. The molecule has 1 spiro atoms. The number of rotatable bonds is 2. The summed E-state index contributed by atoms with van der Waals surface area (Å²) in [5.74, 6) is 1.84. The third-order valence-electron chi connectivity index (χ3n) is 7.46. The number of ketones is 1. The molecular weight excluding hydrogens is 302 g/mol. The van der Waals surface area contributed by atoms with Gasteiger partial charge in [-0.25, -0.2) is 0 Å². The van der Waals surface area contributed by atoms with E-state index in [4.69, 9.17) is 4.74 Å². The Hall–Kier alpha value is -1.39. The summed E-state index contributed by atoms with van der Waals surface area (Å²) in [6.07, 6.45) is 4.95. The molecule has 1 aromatic carbocycles. The highest BCUT2D eigenvalue weighted by molar-refractivity contribution is 5.89. The van der Waals surface area contributed by atoms with E-state index < -0.39 is 17.1 Å². The molecule has 1 aromatic rings. The standard InChI is InChI=1S/C20H23NO3/c22-14-6-7-20(23)16-10-13-2-1-3-15-17(13)19(20,18(14)24-15)8-9-21(16)11-12-4-5-12/h1-3,12,16,18,23H,4-11H2/t16?,18-,19-,20?/m0/s1. The first-order valence-corrected chi connectivity index (χ1v) is 9.42. The quantitative estimate of drug-likeness (QED) is 0.901. The Labute approximate surface area is 141 Å². The van der Waals surface area contributed by atoms with E-state index in [0.29, 0.717) is 12.8 Å². The van der Waals surface area contributed by atoms with Crippen LogP contribution >= 0.6 is 0 Å². The summed E-state index contributed by atoms with van der Waals surface area (Å²) in [7, 11) is 0. The van der Waals surface area contributed by atoms with Gasteiger partial charge in [-0.15, -0.1) is 0 Å². The lowest BCUT2D eigenvalue weighted by Gasteiger charge is -2.62. The van der Waals surface area contributed by atoms with Crippen molar-refractivity contribution in [1.29, 1.82) is 0 Å². The Morgan fingerprint density at radius 2 is 2.17 bits per heavy atom. The van der Waals surface area contributed by atoms with E-state index in [1.54, 1.807) is 0 Å². The van der Waals surface area contributed by atoms with Crippen LogP contribution in [0.1, 0.15) is 43.2 Å². The smallest absolute Gasteiger partial charge is 0.174 e. The van der Waals surface area contributed by atoms with Crippen molar-refractivity contribution in [2.75, 3.05) is 13.1 Å². The van der Waals surface area contributed by atoms with Crippen molar-refractivity contribution < 1.29 is 14.6 Å². The van der Waals surface area contributed by atoms with Crippen molar-refractivity contribution in [2.45, 2.75) is 61.7 Å². The molecule has 2 aliphatic heterocycles. The van der Waals surface area contributed by atoms with Crippen LogP contribution in [0.3, 0.4) is 0 Å². The van der Waals surface area contributed by atoms with Gasteiger partial charge in [-0.2, -0.15) is 0 Å². The summed E-state index contributed by atoms with van der Waals surface area (Å²) in [6, 6.07) is 6.33. The van der Waals surface area contributed by atoms with E-state index in [1.165, 1.54) is 18.4 Å². The molecule has 4 heteroatoms. The van der Waals surface area contributed by atoms with Gasteiger partial charge < -0.3 is 9.84 Å². The molecule has 0 amide bonds. The normalized spacial score (nSPS) is 42.6. The molecular formula is C20H23NO3. The van der Waals surface area contributed by atoms with Crippen LogP contribution in [0.25, 0.3) is 0 Å². The molecule has 4 atom stereocenters. The van der Waals surface area contributed by atoms with Crippen LogP contribution in [0.4, 0.5) is 0 Å². The lowest BCUT2D eigenvalue weighted by Crippen LogP contribution is -2.76. The first kappa shape index (κ1) is 13.9. The minimum Gasteiger partial charge on any atom is -0.481 e. The number of carbonyl (C=O) groups excluding carboxylic acids is 1. The van der Waals surface area contributed by atoms with Gasteiger partial charge in [0.15, 0.2) is 11.9 Å². The minimum atomic E-state index is -0.821. The summed E-state index contributed by atoms with van der Waals surface area (Å²) >= 11 is 0. The van der Waals surface area contributed by atoms with Crippen LogP contribution in [0, 0.1) is 5.92 Å². The zero-order valence-corrected chi connectivity index (χ0v) is 13.8. The molecule has 4 nitrogen and oxygen atoms in total. The lowest BCUT2D eigenvalue weighted by molar-refractivity contribution is -0.188. The molecule has 1 N–H and O–H groups in total. The highest BCUT2D eigenvalue weighted by atomic mass is 16.5. The fourth-order valence-corrected chi connectivity index (χ4v) is 6.23. The van der Waals surface area contributed by atoms with Crippen molar-refractivity contribution in [2.24, 2.45) is 5.92 Å². The number of piperidine rings is 1. The van der Waals surface area contributed by atoms with Gasteiger partial charge in [-0.1, -0.05) is 12.1 Å². The van der Waals surface area contributed by atoms with Crippen molar-refractivity contribution in [3.05, 3.63) is 29.3 Å². The first-order chi connectivity index (χ1) is 11.6. The molecule has 3 aliphatic carbocycles. The zero-order chi connectivity index (χ0) is 16.1. The highest BCUT2D eigenvalue weighted by Crippen LogP contribution is 2.63. The van der Waals surface area contributed by atoms with Crippen molar-refractivity contribution in [3.63, 3.8) is 0 Å². The second-order valence-electron chi connectivity index (χ2n) is 8.56. The van der Waals surface area contributed by atoms with Gasteiger partial charge in [-0.05, 0) is 56.2 Å². The summed E-state index contributed by atoms with van der Waals surface area (Å²) in [5.41, 5.74) is 1.13. The molecule has 5 aliphatic rings. The van der Waals surface area contributed by atoms with Crippen LogP contribution in [-0.4, -0.2) is 46.6 Å². The molecule has 2 saturated carbocycles. The van der Waals surface area contributed by atoms with Crippen LogP contribution in [0.15, 0.2) is 18.2 Å². The second kappa shape index (κ2) is 4.23. The van der Waals surface area contributed by atoms with E-state index in [1.807, 2.05) is 12.1 Å². The van der Waals surface area contributed by atoms with Crippen molar-refractivity contribution in [3.8, 4) is 5.75 Å². The summed E-state index contributed by atoms with van der Waals surface area (Å²) in [6.45, 7) is 2.09. The van der Waals surface area contributed by atoms with Crippen molar-refractivity contribution >= 4 is 5.78 Å². The van der Waals surface area contributed by atoms with E-state index >= 15 is 0 Å². The van der Waals surface area contributed by atoms with E-state index in [9.17, 15) is 9.90 Å². The summed E-state index contributed by atoms with van der Waals surface area (Å²) < 4.78 is 6.16. The number of carbonyl (C=O) groups is 1. The Bertz CT molecular complexity index is 757. The fraction of sp³-hybridized carbons (Fsp3) is 0.650.